The topological polar surface area (TPSA) is 150 Å². The van der Waals surface area contributed by atoms with Gasteiger partial charge in [-0.1, -0.05) is 0 Å². The van der Waals surface area contributed by atoms with Crippen LogP contribution in [0, 0.1) is 20.2 Å². The van der Waals surface area contributed by atoms with E-state index in [0.29, 0.717) is 0 Å². The summed E-state index contributed by atoms with van der Waals surface area (Å²) in [6.07, 6.45) is -4.52. The maximum Gasteiger partial charge on any atom is 0.441 e. The molecular formula is C3H4N4O7. The molecule has 2 atom stereocenters. The lowest BCUT2D eigenvalue weighted by Crippen LogP contribution is -2.40. The van der Waals surface area contributed by atoms with E-state index in [2.05, 4.69) is 0 Å². The molecule has 1 rings (SSSR count). The minimum atomic E-state index is -2.26. The number of aliphatic hydroxyl groups is 2. The predicted octanol–water partition coefficient (Wildman–Crippen LogP) is -2.26. The van der Waals surface area contributed by atoms with Crippen LogP contribution in [0.1, 0.15) is 0 Å². The summed E-state index contributed by atoms with van der Waals surface area (Å²) in [5.41, 5.74) is 0. The maximum absolute atomic E-state index is 10.9. The molecule has 2 N–H and O–H groups in total. The average Bonchev–Trinajstić information content (AvgIpc) is 2.23. The van der Waals surface area contributed by atoms with E-state index < -0.39 is 38.6 Å². The summed E-state index contributed by atoms with van der Waals surface area (Å²) in [5.74, 6) is 0. The van der Waals surface area contributed by atoms with E-state index in [-0.39, 0.29) is 0 Å². The van der Waals surface area contributed by atoms with Gasteiger partial charge in [0.05, 0.1) is 0 Å². The molecule has 1 aliphatic rings. The number of hydrogen-bond acceptors (Lipinski definition) is 7. The van der Waals surface area contributed by atoms with E-state index in [0.717, 1.165) is 0 Å². The van der Waals surface area contributed by atoms with Gasteiger partial charge >= 0.3 is 6.03 Å². The third-order valence-corrected chi connectivity index (χ3v) is 1.51. The molecule has 11 heteroatoms. The lowest BCUT2D eigenvalue weighted by Gasteiger charge is -2.07. The van der Waals surface area contributed by atoms with E-state index in [1.807, 2.05) is 0 Å². The zero-order valence-electron chi connectivity index (χ0n) is 6.38. The molecule has 0 saturated carbocycles. The Kier molecular flexibility index (Phi) is 2.19. The molecule has 0 aliphatic carbocycles. The zero-order valence-corrected chi connectivity index (χ0v) is 6.38. The van der Waals surface area contributed by atoms with E-state index in [4.69, 9.17) is 10.2 Å². The fraction of sp³-hybridized carbons (Fsp3) is 0.667. The van der Waals surface area contributed by atoms with Crippen LogP contribution in [-0.4, -0.2) is 48.8 Å². The summed E-state index contributed by atoms with van der Waals surface area (Å²) in [6, 6.07) is -1.71. The number of hydrogen-bond donors (Lipinski definition) is 2. The number of nitrogens with zero attached hydrogens (tertiary/aromatic N) is 4. The molecule has 1 aliphatic heterocycles. The van der Waals surface area contributed by atoms with Crippen LogP contribution < -0.4 is 0 Å². The second-order valence-electron chi connectivity index (χ2n) is 2.27. The van der Waals surface area contributed by atoms with Crippen molar-refractivity contribution in [3.63, 3.8) is 0 Å². The molecule has 0 bridgehead atoms. The third-order valence-electron chi connectivity index (χ3n) is 1.51. The molecule has 0 aromatic heterocycles. The highest BCUT2D eigenvalue weighted by Crippen LogP contribution is 2.19. The SMILES string of the molecule is O=C1N([N+](=O)[O-])C(O)C(O)N1[N+](=O)[O-]. The molecular weight excluding hydrogens is 204 g/mol. The van der Waals surface area contributed by atoms with Gasteiger partial charge < -0.3 is 10.2 Å². The monoisotopic (exact) mass is 208 g/mol. The van der Waals surface area contributed by atoms with Crippen molar-refractivity contribution in [3.05, 3.63) is 20.2 Å². The Morgan fingerprint density at radius 1 is 1.07 bits per heavy atom. The summed E-state index contributed by atoms with van der Waals surface area (Å²) in [7, 11) is 0. The number of amides is 2. The van der Waals surface area contributed by atoms with Crippen molar-refractivity contribution in [1.82, 2.24) is 10.0 Å². The van der Waals surface area contributed by atoms with Gasteiger partial charge in [-0.25, -0.2) is 25.0 Å². The highest BCUT2D eigenvalue weighted by atomic mass is 16.7. The second-order valence-corrected chi connectivity index (χ2v) is 2.27. The fourth-order valence-electron chi connectivity index (χ4n) is 0.917. The Labute approximate surface area is 75.0 Å². The van der Waals surface area contributed by atoms with E-state index >= 15 is 0 Å². The van der Waals surface area contributed by atoms with Crippen LogP contribution >= 0.6 is 0 Å². The first-order valence-electron chi connectivity index (χ1n) is 3.15. The van der Waals surface area contributed by atoms with Crippen LogP contribution in [0.3, 0.4) is 0 Å². The molecule has 0 spiro atoms. The first kappa shape index (κ1) is 10.1. The van der Waals surface area contributed by atoms with Crippen LogP contribution in [0.4, 0.5) is 4.79 Å². The Hall–Kier alpha value is -2.01. The summed E-state index contributed by atoms with van der Waals surface area (Å²) >= 11 is 0. The fourth-order valence-corrected chi connectivity index (χ4v) is 0.917. The van der Waals surface area contributed by atoms with Gasteiger partial charge in [0.1, 0.15) is 0 Å². The highest BCUT2D eigenvalue weighted by Gasteiger charge is 2.58. The van der Waals surface area contributed by atoms with Gasteiger partial charge in [0, 0.05) is 10.0 Å². The number of aliphatic hydroxyl groups excluding tert-OH is 2. The molecule has 14 heavy (non-hydrogen) atoms. The van der Waals surface area contributed by atoms with Crippen LogP contribution in [0.15, 0.2) is 0 Å². The molecule has 1 saturated heterocycles. The molecule has 11 nitrogen and oxygen atoms in total. The number of hydrazine groups is 2. The number of carbonyl (C=O) groups is 1. The number of carbonyl (C=O) groups excluding carboxylic acids is 1. The number of nitro groups is 2. The van der Waals surface area contributed by atoms with Crippen molar-refractivity contribution in [3.8, 4) is 0 Å². The van der Waals surface area contributed by atoms with Crippen LogP contribution in [0.25, 0.3) is 0 Å². The smallest absolute Gasteiger partial charge is 0.365 e. The van der Waals surface area contributed by atoms with Crippen LogP contribution in [0.2, 0.25) is 0 Å². The van der Waals surface area contributed by atoms with E-state index in [1.165, 1.54) is 0 Å². The minimum absolute atomic E-state index is 0.437. The van der Waals surface area contributed by atoms with Crippen molar-refractivity contribution in [2.45, 2.75) is 12.5 Å². The quantitative estimate of drug-likeness (QED) is 0.384. The first-order chi connectivity index (χ1) is 6.37. The Balaban J connectivity index is 3.02. The Bertz CT molecular complexity index is 275. The summed E-state index contributed by atoms with van der Waals surface area (Å²) in [5, 5.41) is 34.5. The largest absolute Gasteiger partial charge is 0.441 e. The Morgan fingerprint density at radius 3 is 1.50 bits per heavy atom. The standard InChI is InChI=1S/C3H4N4O7/c8-1-2(9)5(7(13)14)3(10)4(1)6(11)12/h1-2,8-9H. The summed E-state index contributed by atoms with van der Waals surface area (Å²) in [4.78, 5) is 31.1. The van der Waals surface area contributed by atoms with Gasteiger partial charge in [-0.15, -0.1) is 0 Å². The molecule has 1 fully saturated rings. The normalized spacial score (nSPS) is 26.9. The molecule has 2 unspecified atom stereocenters. The van der Waals surface area contributed by atoms with Gasteiger partial charge in [0.2, 0.25) is 12.5 Å². The average molecular weight is 208 g/mol. The number of urea groups is 1. The predicted molar refractivity (Wildman–Crippen MR) is 35.1 cm³/mol. The van der Waals surface area contributed by atoms with Gasteiger partial charge in [0.25, 0.3) is 0 Å². The van der Waals surface area contributed by atoms with Crippen LogP contribution in [-0.2, 0) is 0 Å². The second kappa shape index (κ2) is 3.04. The van der Waals surface area contributed by atoms with Crippen molar-refractivity contribution >= 4 is 6.03 Å². The molecule has 2 amide bonds. The van der Waals surface area contributed by atoms with E-state index in [9.17, 15) is 25.0 Å². The molecule has 78 valence electrons. The number of rotatable bonds is 2. The van der Waals surface area contributed by atoms with E-state index in [1.54, 1.807) is 0 Å². The summed E-state index contributed by atoms with van der Waals surface area (Å²) in [6.45, 7) is 0. The molecule has 1 heterocycles. The van der Waals surface area contributed by atoms with Crippen molar-refractivity contribution in [2.75, 3.05) is 0 Å². The summed E-state index contributed by atoms with van der Waals surface area (Å²) < 4.78 is 0. The maximum atomic E-state index is 10.9. The Morgan fingerprint density at radius 2 is 1.36 bits per heavy atom. The minimum Gasteiger partial charge on any atom is -0.365 e. The highest BCUT2D eigenvalue weighted by molar-refractivity contribution is 5.74. The third kappa shape index (κ3) is 1.20. The lowest BCUT2D eigenvalue weighted by molar-refractivity contribution is -0.655. The zero-order chi connectivity index (χ0) is 11.0. The van der Waals surface area contributed by atoms with Gasteiger partial charge in [-0.3, -0.25) is 0 Å². The molecule has 0 aromatic rings. The molecule has 0 radical (unpaired) electrons. The lowest BCUT2D eigenvalue weighted by atomic mass is 10.5. The van der Waals surface area contributed by atoms with Gasteiger partial charge in [-0.05, 0) is 0 Å². The van der Waals surface area contributed by atoms with Gasteiger partial charge in [0.15, 0.2) is 10.1 Å². The van der Waals surface area contributed by atoms with Crippen molar-refractivity contribution in [2.24, 2.45) is 0 Å². The van der Waals surface area contributed by atoms with Crippen LogP contribution in [0.5, 0.6) is 0 Å². The first-order valence-corrected chi connectivity index (χ1v) is 3.15. The molecule has 0 aromatic carbocycles. The van der Waals surface area contributed by atoms with Crippen molar-refractivity contribution < 1.29 is 25.1 Å². The van der Waals surface area contributed by atoms with Crippen molar-refractivity contribution in [1.29, 1.82) is 0 Å². The van der Waals surface area contributed by atoms with Gasteiger partial charge in [-0.2, -0.15) is 0 Å².